The van der Waals surface area contributed by atoms with Gasteiger partial charge in [0.1, 0.15) is 18.0 Å². The van der Waals surface area contributed by atoms with Gasteiger partial charge in [-0.1, -0.05) is 12.7 Å². The minimum Gasteiger partial charge on any atom is -0.497 e. The van der Waals surface area contributed by atoms with Crippen molar-refractivity contribution < 1.29 is 9.66 Å². The van der Waals surface area contributed by atoms with Gasteiger partial charge in [-0.3, -0.25) is 15.2 Å². The fraction of sp³-hybridized carbons (Fsp3) is 0.417. The van der Waals surface area contributed by atoms with Crippen LogP contribution in [0.25, 0.3) is 0 Å². The quantitative estimate of drug-likeness (QED) is 0.253. The molecule has 0 aliphatic heterocycles. The Morgan fingerprint density at radius 1 is 1.61 bits per heavy atom. The fourth-order valence-electron chi connectivity index (χ4n) is 1.54. The second-order valence-electron chi connectivity index (χ2n) is 3.79. The first-order chi connectivity index (χ1) is 8.66. The molecule has 0 aliphatic carbocycles. The van der Waals surface area contributed by atoms with Crippen molar-refractivity contribution in [3.8, 4) is 0 Å². The largest absolute Gasteiger partial charge is 0.497 e. The van der Waals surface area contributed by atoms with Gasteiger partial charge in [0.05, 0.1) is 11.2 Å². The summed E-state index contributed by atoms with van der Waals surface area (Å²) >= 11 is 0. The molecule has 0 fully saturated rings. The predicted octanol–water partition coefficient (Wildman–Crippen LogP) is 2.67. The second kappa shape index (κ2) is 7.26. The van der Waals surface area contributed by atoms with Crippen LogP contribution in [0.4, 0.5) is 5.69 Å². The van der Waals surface area contributed by atoms with Crippen LogP contribution < -0.4 is 0 Å². The maximum atomic E-state index is 10.8. The molecule has 0 amide bonds. The van der Waals surface area contributed by atoms with E-state index in [1.807, 2.05) is 6.08 Å². The Morgan fingerprint density at radius 3 is 3.06 bits per heavy atom. The molecule has 0 aromatic carbocycles. The van der Waals surface area contributed by atoms with Crippen LogP contribution in [0.1, 0.15) is 24.2 Å². The van der Waals surface area contributed by atoms with Crippen molar-refractivity contribution in [3.63, 3.8) is 0 Å². The van der Waals surface area contributed by atoms with Gasteiger partial charge >= 0.3 is 5.69 Å². The van der Waals surface area contributed by atoms with E-state index in [1.165, 1.54) is 0 Å². The van der Waals surface area contributed by atoms with E-state index in [9.17, 15) is 10.1 Å². The maximum Gasteiger partial charge on any atom is 0.312 e. The molecule has 1 N–H and O–H groups in total. The molecule has 0 radical (unpaired) electrons. The van der Waals surface area contributed by atoms with Crippen LogP contribution in [-0.4, -0.2) is 21.7 Å². The van der Waals surface area contributed by atoms with E-state index >= 15 is 0 Å². The van der Waals surface area contributed by atoms with Gasteiger partial charge in [0.15, 0.2) is 0 Å². The number of ether oxygens (including phenoxy) is 1. The minimum atomic E-state index is -0.392. The number of aromatic amines is 1. The Balaban J connectivity index is 2.38. The zero-order valence-electron chi connectivity index (χ0n) is 10.4. The van der Waals surface area contributed by atoms with Crippen molar-refractivity contribution in [1.29, 1.82) is 0 Å². The first-order valence-electron chi connectivity index (χ1n) is 5.72. The molecule has 1 rings (SSSR count). The second-order valence-corrected chi connectivity index (χ2v) is 3.79. The van der Waals surface area contributed by atoms with E-state index in [1.54, 1.807) is 19.3 Å². The molecule has 1 aromatic heterocycles. The van der Waals surface area contributed by atoms with Gasteiger partial charge in [-0.15, -0.1) is 0 Å². The number of H-pyrrole nitrogens is 1. The van der Waals surface area contributed by atoms with Crippen LogP contribution in [0.15, 0.2) is 25.0 Å². The smallest absolute Gasteiger partial charge is 0.312 e. The third-order valence-electron chi connectivity index (χ3n) is 2.36. The lowest BCUT2D eigenvalue weighted by molar-refractivity contribution is -0.386. The minimum absolute atomic E-state index is 0.0990. The molecule has 0 atom stereocenters. The standard InChI is InChI=1S/C12H17N3O3/c1-3-8-18-9-6-4-5-7-11-12(15(16)17)10(2)13-14-11/h3,6,9H,1,4-5,7-8H2,2H3,(H,13,14). The van der Waals surface area contributed by atoms with Crippen molar-refractivity contribution in [2.75, 3.05) is 6.61 Å². The number of nitrogens with one attached hydrogen (secondary N) is 1. The van der Waals surface area contributed by atoms with Crippen molar-refractivity contribution in [2.24, 2.45) is 0 Å². The SMILES string of the molecule is C=CCOC=CCCCc1n[nH]c(C)c1[N+](=O)[O-]. The van der Waals surface area contributed by atoms with Crippen molar-refractivity contribution in [1.82, 2.24) is 10.2 Å². The summed E-state index contributed by atoms with van der Waals surface area (Å²) < 4.78 is 5.07. The third kappa shape index (κ3) is 4.04. The number of hydrogen-bond donors (Lipinski definition) is 1. The Hall–Kier alpha value is -2.11. The molecule has 0 saturated heterocycles. The Labute approximate surface area is 106 Å². The topological polar surface area (TPSA) is 81.0 Å². The number of nitrogens with zero attached hydrogens (tertiary/aromatic N) is 2. The highest BCUT2D eigenvalue weighted by Crippen LogP contribution is 2.21. The molecule has 0 saturated carbocycles. The number of rotatable bonds is 8. The number of nitro groups is 1. The van der Waals surface area contributed by atoms with Gasteiger partial charge in [0.25, 0.3) is 0 Å². The number of aryl methyl sites for hydroxylation is 2. The molecule has 98 valence electrons. The number of unbranched alkanes of at least 4 members (excludes halogenated alkanes) is 1. The highest BCUT2D eigenvalue weighted by Gasteiger charge is 2.20. The summed E-state index contributed by atoms with van der Waals surface area (Å²) in [6.07, 6.45) is 7.33. The summed E-state index contributed by atoms with van der Waals surface area (Å²) in [6, 6.07) is 0. The Morgan fingerprint density at radius 2 is 2.39 bits per heavy atom. The molecule has 0 bridgehead atoms. The van der Waals surface area contributed by atoms with Gasteiger partial charge < -0.3 is 4.74 Å². The monoisotopic (exact) mass is 251 g/mol. The fourth-order valence-corrected chi connectivity index (χ4v) is 1.54. The van der Waals surface area contributed by atoms with Crippen molar-refractivity contribution in [3.05, 3.63) is 46.5 Å². The molecule has 0 aliphatic rings. The van der Waals surface area contributed by atoms with Gasteiger partial charge in [-0.25, -0.2) is 0 Å². The van der Waals surface area contributed by atoms with Crippen LogP contribution in [0, 0.1) is 17.0 Å². The summed E-state index contributed by atoms with van der Waals surface area (Å²) in [7, 11) is 0. The van der Waals surface area contributed by atoms with Crippen molar-refractivity contribution >= 4 is 5.69 Å². The van der Waals surface area contributed by atoms with E-state index < -0.39 is 4.92 Å². The molecular formula is C12H17N3O3. The maximum absolute atomic E-state index is 10.8. The molecule has 1 heterocycles. The van der Waals surface area contributed by atoms with E-state index in [0.29, 0.717) is 24.4 Å². The number of allylic oxidation sites excluding steroid dienone is 1. The third-order valence-corrected chi connectivity index (χ3v) is 2.36. The van der Waals surface area contributed by atoms with Crippen LogP contribution in [0.3, 0.4) is 0 Å². The summed E-state index contributed by atoms with van der Waals surface area (Å²) in [5.41, 5.74) is 1.11. The summed E-state index contributed by atoms with van der Waals surface area (Å²) in [6.45, 7) is 5.67. The first-order valence-corrected chi connectivity index (χ1v) is 5.72. The summed E-state index contributed by atoms with van der Waals surface area (Å²) in [4.78, 5) is 10.4. The van der Waals surface area contributed by atoms with Gasteiger partial charge in [0, 0.05) is 0 Å². The molecule has 1 aromatic rings. The Kier molecular flexibility index (Phi) is 5.63. The van der Waals surface area contributed by atoms with Crippen LogP contribution in [-0.2, 0) is 11.2 Å². The predicted molar refractivity (Wildman–Crippen MR) is 68.2 cm³/mol. The van der Waals surface area contributed by atoms with Gasteiger partial charge in [-0.2, -0.15) is 5.10 Å². The summed E-state index contributed by atoms with van der Waals surface area (Å²) in [5.74, 6) is 0. The van der Waals surface area contributed by atoms with Crippen LogP contribution in [0.5, 0.6) is 0 Å². The average Bonchev–Trinajstić information content (AvgIpc) is 2.69. The van der Waals surface area contributed by atoms with E-state index in [0.717, 1.165) is 12.8 Å². The van der Waals surface area contributed by atoms with Crippen LogP contribution in [0.2, 0.25) is 0 Å². The van der Waals surface area contributed by atoms with E-state index in [-0.39, 0.29) is 5.69 Å². The zero-order chi connectivity index (χ0) is 13.4. The van der Waals surface area contributed by atoms with Crippen molar-refractivity contribution in [2.45, 2.75) is 26.2 Å². The highest BCUT2D eigenvalue weighted by molar-refractivity contribution is 5.39. The number of aromatic nitrogens is 2. The van der Waals surface area contributed by atoms with E-state index in [2.05, 4.69) is 16.8 Å². The first kappa shape index (κ1) is 14.0. The molecule has 0 unspecified atom stereocenters. The highest BCUT2D eigenvalue weighted by atomic mass is 16.6. The zero-order valence-corrected chi connectivity index (χ0v) is 10.4. The molecule has 18 heavy (non-hydrogen) atoms. The average molecular weight is 251 g/mol. The van der Waals surface area contributed by atoms with Gasteiger partial charge in [-0.05, 0) is 32.3 Å². The normalized spacial score (nSPS) is 10.7. The van der Waals surface area contributed by atoms with E-state index in [4.69, 9.17) is 4.74 Å². The molecular weight excluding hydrogens is 234 g/mol. The molecule has 0 spiro atoms. The molecule has 6 heteroatoms. The lowest BCUT2D eigenvalue weighted by Gasteiger charge is -1.96. The number of hydrogen-bond acceptors (Lipinski definition) is 4. The molecule has 6 nitrogen and oxygen atoms in total. The summed E-state index contributed by atoms with van der Waals surface area (Å²) in [5, 5.41) is 17.4. The Bertz CT molecular complexity index is 438. The lowest BCUT2D eigenvalue weighted by Crippen LogP contribution is -1.94. The lowest BCUT2D eigenvalue weighted by atomic mass is 10.1. The van der Waals surface area contributed by atoms with Crippen LogP contribution >= 0.6 is 0 Å². The van der Waals surface area contributed by atoms with Gasteiger partial charge in [0.2, 0.25) is 0 Å².